The Labute approximate surface area is 120 Å². The minimum atomic E-state index is -0.211. The minimum absolute atomic E-state index is 0.101. The number of nitrogens with one attached hydrogen (secondary N) is 1. The summed E-state index contributed by atoms with van der Waals surface area (Å²) in [5, 5.41) is 3.55. The van der Waals surface area contributed by atoms with Gasteiger partial charge in [0.2, 0.25) is 0 Å². The van der Waals surface area contributed by atoms with Crippen molar-refractivity contribution < 1.29 is 9.13 Å². The molecule has 1 aromatic rings. The summed E-state index contributed by atoms with van der Waals surface area (Å²) in [5.74, 6) is 2.81. The fourth-order valence-electron chi connectivity index (χ4n) is 3.61. The fraction of sp³-hybridized carbons (Fsp3) is 0.529. The average Bonchev–Trinajstić information content (AvgIpc) is 3.07. The molecule has 2 bridgehead atoms. The summed E-state index contributed by atoms with van der Waals surface area (Å²) >= 11 is 0. The molecule has 0 aliphatic heterocycles. The van der Waals surface area contributed by atoms with Crippen LogP contribution in [0.4, 0.5) is 4.39 Å². The second kappa shape index (κ2) is 5.57. The van der Waals surface area contributed by atoms with Gasteiger partial charge in [-0.15, -0.1) is 0 Å². The van der Waals surface area contributed by atoms with Gasteiger partial charge in [0, 0.05) is 11.6 Å². The monoisotopic (exact) mass is 275 g/mol. The lowest BCUT2D eigenvalue weighted by molar-refractivity contribution is 0.376. The molecule has 0 spiro atoms. The molecule has 0 aromatic heterocycles. The van der Waals surface area contributed by atoms with E-state index in [9.17, 15) is 4.39 Å². The lowest BCUT2D eigenvalue weighted by Crippen LogP contribution is -2.28. The summed E-state index contributed by atoms with van der Waals surface area (Å²) in [6.07, 6.45) is 7.35. The Bertz CT molecular complexity index is 514. The molecule has 0 saturated heterocycles. The Morgan fingerprint density at radius 3 is 2.85 bits per heavy atom. The molecule has 20 heavy (non-hydrogen) atoms. The number of fused-ring (bicyclic) bond motifs is 2. The van der Waals surface area contributed by atoms with Crippen LogP contribution in [0.3, 0.4) is 0 Å². The maximum atomic E-state index is 13.4. The molecule has 2 nitrogen and oxygen atoms in total. The molecule has 1 aromatic carbocycles. The van der Waals surface area contributed by atoms with E-state index in [1.807, 2.05) is 0 Å². The number of ether oxygens (including phenoxy) is 1. The van der Waals surface area contributed by atoms with Gasteiger partial charge in [-0.25, -0.2) is 4.39 Å². The van der Waals surface area contributed by atoms with Crippen molar-refractivity contribution in [2.75, 3.05) is 13.7 Å². The summed E-state index contributed by atoms with van der Waals surface area (Å²) in [5.41, 5.74) is 0.895. The van der Waals surface area contributed by atoms with Gasteiger partial charge in [0.15, 0.2) is 0 Å². The van der Waals surface area contributed by atoms with E-state index in [1.54, 1.807) is 19.2 Å². The van der Waals surface area contributed by atoms with Crippen molar-refractivity contribution in [3.05, 3.63) is 41.7 Å². The van der Waals surface area contributed by atoms with Crippen molar-refractivity contribution in [2.24, 2.45) is 17.8 Å². The zero-order chi connectivity index (χ0) is 14.1. The molecule has 0 radical (unpaired) electrons. The Hall–Kier alpha value is -1.35. The number of hydrogen-bond acceptors (Lipinski definition) is 2. The van der Waals surface area contributed by atoms with E-state index in [-0.39, 0.29) is 11.9 Å². The number of methoxy groups -OCH3 is 1. The van der Waals surface area contributed by atoms with Crippen LogP contribution in [0.1, 0.15) is 31.4 Å². The van der Waals surface area contributed by atoms with E-state index in [0.29, 0.717) is 0 Å². The molecule has 4 unspecified atom stereocenters. The predicted molar refractivity (Wildman–Crippen MR) is 78.2 cm³/mol. The van der Waals surface area contributed by atoms with Crippen molar-refractivity contribution in [3.8, 4) is 5.75 Å². The van der Waals surface area contributed by atoms with Crippen LogP contribution in [0.25, 0.3) is 0 Å². The van der Waals surface area contributed by atoms with Crippen LogP contribution in [0, 0.1) is 23.6 Å². The lowest BCUT2D eigenvalue weighted by Gasteiger charge is -2.23. The molecule has 3 heteroatoms. The summed E-state index contributed by atoms with van der Waals surface area (Å²) < 4.78 is 18.7. The van der Waals surface area contributed by atoms with Crippen LogP contribution in [0.15, 0.2) is 30.4 Å². The molecular formula is C17H22FNO. The van der Waals surface area contributed by atoms with E-state index >= 15 is 0 Å². The first kappa shape index (κ1) is 13.6. The number of benzene rings is 1. The maximum absolute atomic E-state index is 13.4. The normalized spacial score (nSPS) is 28.9. The Balaban J connectivity index is 1.63. The van der Waals surface area contributed by atoms with Crippen molar-refractivity contribution in [3.63, 3.8) is 0 Å². The predicted octanol–water partition coefficient (Wildman–Crippen LogP) is 3.70. The summed E-state index contributed by atoms with van der Waals surface area (Å²) in [6.45, 7) is 3.06. The molecule has 4 atom stereocenters. The Morgan fingerprint density at radius 1 is 1.35 bits per heavy atom. The molecule has 2 aliphatic rings. The zero-order valence-electron chi connectivity index (χ0n) is 12.1. The van der Waals surface area contributed by atoms with Gasteiger partial charge in [0.05, 0.1) is 7.11 Å². The highest BCUT2D eigenvalue weighted by molar-refractivity contribution is 5.36. The lowest BCUT2D eigenvalue weighted by atomic mass is 9.93. The molecule has 3 rings (SSSR count). The SMILES string of the molecule is COc1ccc(F)cc1C(C)NCC1CC2C=CC1C2. The Kier molecular flexibility index (Phi) is 3.79. The highest BCUT2D eigenvalue weighted by Crippen LogP contribution is 2.43. The first-order chi connectivity index (χ1) is 9.67. The average molecular weight is 275 g/mol. The highest BCUT2D eigenvalue weighted by Gasteiger charge is 2.35. The molecule has 1 N–H and O–H groups in total. The second-order valence-electron chi connectivity index (χ2n) is 6.06. The quantitative estimate of drug-likeness (QED) is 0.827. The van der Waals surface area contributed by atoms with E-state index < -0.39 is 0 Å². The van der Waals surface area contributed by atoms with Gasteiger partial charge in [0.25, 0.3) is 0 Å². The molecule has 1 saturated carbocycles. The van der Waals surface area contributed by atoms with Crippen molar-refractivity contribution in [1.29, 1.82) is 0 Å². The maximum Gasteiger partial charge on any atom is 0.123 e. The molecule has 0 amide bonds. The van der Waals surface area contributed by atoms with Gasteiger partial charge in [-0.05, 0) is 62.3 Å². The van der Waals surface area contributed by atoms with E-state index in [0.717, 1.165) is 35.6 Å². The van der Waals surface area contributed by atoms with Gasteiger partial charge in [-0.3, -0.25) is 0 Å². The highest BCUT2D eigenvalue weighted by atomic mass is 19.1. The van der Waals surface area contributed by atoms with Crippen LogP contribution in [0.5, 0.6) is 5.75 Å². The largest absolute Gasteiger partial charge is 0.496 e. The molecule has 1 fully saturated rings. The number of halogens is 1. The number of rotatable bonds is 5. The second-order valence-corrected chi connectivity index (χ2v) is 6.06. The van der Waals surface area contributed by atoms with Gasteiger partial charge in [0.1, 0.15) is 11.6 Å². The third kappa shape index (κ3) is 2.59. The van der Waals surface area contributed by atoms with Crippen LogP contribution in [0.2, 0.25) is 0 Å². The standard InChI is InChI=1S/C17H22FNO/c1-11(16-9-15(18)5-6-17(16)20-2)19-10-14-8-12-3-4-13(14)7-12/h3-6,9,11-14,19H,7-8,10H2,1-2H3. The van der Waals surface area contributed by atoms with E-state index in [2.05, 4.69) is 24.4 Å². The van der Waals surface area contributed by atoms with E-state index in [1.165, 1.54) is 18.9 Å². The third-order valence-corrected chi connectivity index (χ3v) is 4.76. The van der Waals surface area contributed by atoms with Crippen molar-refractivity contribution >= 4 is 0 Å². The fourth-order valence-corrected chi connectivity index (χ4v) is 3.61. The van der Waals surface area contributed by atoms with Crippen LogP contribution in [-0.2, 0) is 0 Å². The minimum Gasteiger partial charge on any atom is -0.496 e. The first-order valence-corrected chi connectivity index (χ1v) is 7.42. The Morgan fingerprint density at radius 2 is 2.20 bits per heavy atom. The number of hydrogen-bond donors (Lipinski definition) is 1. The van der Waals surface area contributed by atoms with Gasteiger partial charge in [-0.2, -0.15) is 0 Å². The molecule has 108 valence electrons. The van der Waals surface area contributed by atoms with Crippen molar-refractivity contribution in [1.82, 2.24) is 5.32 Å². The van der Waals surface area contributed by atoms with E-state index in [4.69, 9.17) is 4.74 Å². The van der Waals surface area contributed by atoms with Crippen LogP contribution >= 0.6 is 0 Å². The van der Waals surface area contributed by atoms with Gasteiger partial charge in [-0.1, -0.05) is 12.2 Å². The zero-order valence-corrected chi connectivity index (χ0v) is 12.1. The summed E-state index contributed by atoms with van der Waals surface area (Å²) in [7, 11) is 1.63. The smallest absolute Gasteiger partial charge is 0.123 e. The first-order valence-electron chi connectivity index (χ1n) is 7.42. The number of allylic oxidation sites excluding steroid dienone is 2. The van der Waals surface area contributed by atoms with Gasteiger partial charge >= 0.3 is 0 Å². The summed E-state index contributed by atoms with van der Waals surface area (Å²) in [6, 6.07) is 4.81. The molecule has 0 heterocycles. The van der Waals surface area contributed by atoms with Crippen LogP contribution < -0.4 is 10.1 Å². The van der Waals surface area contributed by atoms with Gasteiger partial charge < -0.3 is 10.1 Å². The third-order valence-electron chi connectivity index (χ3n) is 4.76. The molecule has 2 aliphatic carbocycles. The summed E-state index contributed by atoms with van der Waals surface area (Å²) in [4.78, 5) is 0. The molecular weight excluding hydrogens is 253 g/mol. The van der Waals surface area contributed by atoms with Crippen molar-refractivity contribution in [2.45, 2.75) is 25.8 Å². The van der Waals surface area contributed by atoms with Crippen LogP contribution in [-0.4, -0.2) is 13.7 Å². The topological polar surface area (TPSA) is 21.3 Å².